The fourth-order valence-electron chi connectivity index (χ4n) is 0.997. The molecule has 0 aliphatic heterocycles. The smallest absolute Gasteiger partial charge is 0.0164 e. The third-order valence-electron chi connectivity index (χ3n) is 2.21. The zero-order valence-corrected chi connectivity index (χ0v) is 9.56. The van der Waals surface area contributed by atoms with Gasteiger partial charge in [-0.3, -0.25) is 0 Å². The number of nitrogens with one attached hydrogen (secondary N) is 1. The fraction of sp³-hybridized carbons (Fsp3) is 0.818. The average molecular weight is 184 g/mol. The molecule has 2 heteroatoms. The molecule has 0 heterocycles. The summed E-state index contributed by atoms with van der Waals surface area (Å²) in [5.74, 6) is 0. The Hall–Kier alpha value is -0.340. The molecule has 0 aromatic carbocycles. The van der Waals surface area contributed by atoms with Crippen LogP contribution in [0.2, 0.25) is 0 Å². The molecule has 0 aliphatic carbocycles. The SMILES string of the molecule is C=C(CC)CNC(C)CCN(C)C. The van der Waals surface area contributed by atoms with Gasteiger partial charge in [0, 0.05) is 12.6 Å². The van der Waals surface area contributed by atoms with E-state index in [1.54, 1.807) is 0 Å². The second kappa shape index (κ2) is 7.10. The number of rotatable bonds is 7. The van der Waals surface area contributed by atoms with Gasteiger partial charge in [0.2, 0.25) is 0 Å². The normalized spacial score (nSPS) is 13.3. The second-order valence-electron chi connectivity index (χ2n) is 3.98. The van der Waals surface area contributed by atoms with Crippen molar-refractivity contribution < 1.29 is 0 Å². The largest absolute Gasteiger partial charge is 0.310 e. The molecule has 1 N–H and O–H groups in total. The van der Waals surface area contributed by atoms with Gasteiger partial charge in [0.05, 0.1) is 0 Å². The lowest BCUT2D eigenvalue weighted by atomic mass is 10.2. The fourth-order valence-corrected chi connectivity index (χ4v) is 0.997. The lowest BCUT2D eigenvalue weighted by Gasteiger charge is -2.17. The lowest BCUT2D eigenvalue weighted by molar-refractivity contribution is 0.369. The quantitative estimate of drug-likeness (QED) is 0.608. The minimum Gasteiger partial charge on any atom is -0.310 e. The third kappa shape index (κ3) is 8.00. The Kier molecular flexibility index (Phi) is 6.92. The van der Waals surface area contributed by atoms with Crippen molar-refractivity contribution in [3.63, 3.8) is 0 Å². The van der Waals surface area contributed by atoms with Gasteiger partial charge in [-0.1, -0.05) is 19.1 Å². The van der Waals surface area contributed by atoms with E-state index in [-0.39, 0.29) is 0 Å². The van der Waals surface area contributed by atoms with Crippen molar-refractivity contribution in [2.45, 2.75) is 32.7 Å². The van der Waals surface area contributed by atoms with Gasteiger partial charge in [-0.25, -0.2) is 0 Å². The molecule has 0 aromatic heterocycles. The Morgan fingerprint density at radius 2 is 2.08 bits per heavy atom. The van der Waals surface area contributed by atoms with Crippen LogP contribution >= 0.6 is 0 Å². The predicted molar refractivity (Wildman–Crippen MR) is 60.1 cm³/mol. The Balaban J connectivity index is 3.40. The van der Waals surface area contributed by atoms with Gasteiger partial charge in [0.25, 0.3) is 0 Å². The second-order valence-corrected chi connectivity index (χ2v) is 3.98. The molecular weight excluding hydrogens is 160 g/mol. The van der Waals surface area contributed by atoms with Gasteiger partial charge in [0.15, 0.2) is 0 Å². The first-order valence-corrected chi connectivity index (χ1v) is 5.11. The molecule has 1 unspecified atom stereocenters. The summed E-state index contributed by atoms with van der Waals surface area (Å²) in [5, 5.41) is 3.46. The Bertz CT molecular complexity index is 141. The highest BCUT2D eigenvalue weighted by atomic mass is 15.1. The van der Waals surface area contributed by atoms with Gasteiger partial charge < -0.3 is 10.2 Å². The summed E-state index contributed by atoms with van der Waals surface area (Å²) in [6.45, 7) is 10.5. The highest BCUT2D eigenvalue weighted by Crippen LogP contribution is 1.97. The topological polar surface area (TPSA) is 15.3 Å². The maximum Gasteiger partial charge on any atom is 0.0164 e. The van der Waals surface area contributed by atoms with E-state index in [0.29, 0.717) is 6.04 Å². The summed E-state index contributed by atoms with van der Waals surface area (Å²) < 4.78 is 0. The molecule has 13 heavy (non-hydrogen) atoms. The van der Waals surface area contributed by atoms with E-state index in [9.17, 15) is 0 Å². The molecule has 0 rings (SSSR count). The number of nitrogens with zero attached hydrogens (tertiary/aromatic N) is 1. The monoisotopic (exact) mass is 184 g/mol. The van der Waals surface area contributed by atoms with E-state index in [2.05, 4.69) is 44.7 Å². The van der Waals surface area contributed by atoms with Gasteiger partial charge in [0.1, 0.15) is 0 Å². The summed E-state index contributed by atoms with van der Waals surface area (Å²) in [7, 11) is 4.22. The van der Waals surface area contributed by atoms with Crippen molar-refractivity contribution >= 4 is 0 Å². The van der Waals surface area contributed by atoms with E-state index in [1.165, 1.54) is 12.0 Å². The van der Waals surface area contributed by atoms with Crippen molar-refractivity contribution in [2.24, 2.45) is 0 Å². The zero-order chi connectivity index (χ0) is 10.3. The summed E-state index contributed by atoms with van der Waals surface area (Å²) in [4.78, 5) is 2.22. The van der Waals surface area contributed by atoms with Crippen molar-refractivity contribution in [3.8, 4) is 0 Å². The maximum atomic E-state index is 3.97. The van der Waals surface area contributed by atoms with Crippen LogP contribution in [0, 0.1) is 0 Å². The Labute approximate surface area is 83.0 Å². The molecule has 0 amide bonds. The van der Waals surface area contributed by atoms with Crippen LogP contribution in [-0.4, -0.2) is 38.1 Å². The highest BCUT2D eigenvalue weighted by Gasteiger charge is 2.01. The third-order valence-corrected chi connectivity index (χ3v) is 2.21. The van der Waals surface area contributed by atoms with Crippen molar-refractivity contribution in [1.82, 2.24) is 10.2 Å². The van der Waals surface area contributed by atoms with Crippen LogP contribution in [0.4, 0.5) is 0 Å². The van der Waals surface area contributed by atoms with Crippen LogP contribution in [0.1, 0.15) is 26.7 Å². The molecule has 1 atom stereocenters. The summed E-state index contributed by atoms with van der Waals surface area (Å²) in [5.41, 5.74) is 1.29. The lowest BCUT2D eigenvalue weighted by Crippen LogP contribution is -2.31. The van der Waals surface area contributed by atoms with E-state index in [0.717, 1.165) is 19.5 Å². The molecule has 0 saturated heterocycles. The molecule has 0 radical (unpaired) electrons. The summed E-state index contributed by atoms with van der Waals surface area (Å²) in [6, 6.07) is 0.589. The summed E-state index contributed by atoms with van der Waals surface area (Å²) in [6.07, 6.45) is 2.28. The van der Waals surface area contributed by atoms with Crippen molar-refractivity contribution in [3.05, 3.63) is 12.2 Å². The van der Waals surface area contributed by atoms with Crippen molar-refractivity contribution in [1.29, 1.82) is 0 Å². The van der Waals surface area contributed by atoms with Crippen molar-refractivity contribution in [2.75, 3.05) is 27.2 Å². The standard InChI is InChI=1S/C11H24N2/c1-6-10(2)9-12-11(3)7-8-13(4)5/h11-12H,2,6-9H2,1,3-5H3. The average Bonchev–Trinajstić information content (AvgIpc) is 2.10. The molecule has 0 fully saturated rings. The van der Waals surface area contributed by atoms with E-state index in [1.807, 2.05) is 0 Å². The van der Waals surface area contributed by atoms with Gasteiger partial charge in [-0.15, -0.1) is 0 Å². The van der Waals surface area contributed by atoms with Crippen LogP contribution in [0.3, 0.4) is 0 Å². The van der Waals surface area contributed by atoms with Crippen LogP contribution in [0.15, 0.2) is 12.2 Å². The first-order chi connectivity index (χ1) is 6.06. The van der Waals surface area contributed by atoms with E-state index in [4.69, 9.17) is 0 Å². The number of hydrogen-bond acceptors (Lipinski definition) is 2. The summed E-state index contributed by atoms with van der Waals surface area (Å²) >= 11 is 0. The van der Waals surface area contributed by atoms with Crippen LogP contribution in [-0.2, 0) is 0 Å². The molecule has 0 bridgehead atoms. The van der Waals surface area contributed by atoms with Crippen LogP contribution < -0.4 is 5.32 Å². The molecular formula is C11H24N2. The van der Waals surface area contributed by atoms with Gasteiger partial charge >= 0.3 is 0 Å². The van der Waals surface area contributed by atoms with Gasteiger partial charge in [-0.05, 0) is 40.4 Å². The Morgan fingerprint density at radius 3 is 2.54 bits per heavy atom. The van der Waals surface area contributed by atoms with Crippen LogP contribution in [0.25, 0.3) is 0 Å². The first kappa shape index (κ1) is 12.7. The highest BCUT2D eigenvalue weighted by molar-refractivity contribution is 4.95. The van der Waals surface area contributed by atoms with Crippen LogP contribution in [0.5, 0.6) is 0 Å². The molecule has 0 aromatic rings. The number of hydrogen-bond donors (Lipinski definition) is 1. The Morgan fingerprint density at radius 1 is 1.46 bits per heavy atom. The van der Waals surface area contributed by atoms with Gasteiger partial charge in [-0.2, -0.15) is 0 Å². The van der Waals surface area contributed by atoms with E-state index < -0.39 is 0 Å². The minimum absolute atomic E-state index is 0.589. The molecule has 2 nitrogen and oxygen atoms in total. The zero-order valence-electron chi connectivity index (χ0n) is 9.56. The molecule has 0 aliphatic rings. The van der Waals surface area contributed by atoms with E-state index >= 15 is 0 Å². The maximum absolute atomic E-state index is 3.97. The molecule has 78 valence electrons. The first-order valence-electron chi connectivity index (χ1n) is 5.11. The molecule has 0 saturated carbocycles. The molecule has 0 spiro atoms. The minimum atomic E-state index is 0.589. The predicted octanol–water partition coefficient (Wildman–Crippen LogP) is 1.88.